The van der Waals surface area contributed by atoms with Crippen molar-refractivity contribution in [2.45, 2.75) is 39.3 Å². The smallest absolute Gasteiger partial charge is 0.191 e. The van der Waals surface area contributed by atoms with Gasteiger partial charge in [0.1, 0.15) is 11.6 Å². The molecular formula is C18H28F2N4. The van der Waals surface area contributed by atoms with Crippen molar-refractivity contribution in [3.8, 4) is 0 Å². The van der Waals surface area contributed by atoms with Crippen LogP contribution in [0.5, 0.6) is 0 Å². The van der Waals surface area contributed by atoms with E-state index in [-0.39, 0.29) is 6.54 Å². The maximum Gasteiger partial charge on any atom is 0.191 e. The number of halogens is 2. The Morgan fingerprint density at radius 1 is 1.29 bits per heavy atom. The standard InChI is InChI=1S/C18H28F2N4/c1-13(2)12-24-8-6-16(7-9-24)23-18(21-3)22-11-14-10-15(19)4-5-17(14)20/h4-5,10,13,16H,6-9,11-12H2,1-3H3,(H2,21,22,23). The van der Waals surface area contributed by atoms with Crippen LogP contribution in [0.3, 0.4) is 0 Å². The fourth-order valence-corrected chi connectivity index (χ4v) is 3.02. The van der Waals surface area contributed by atoms with E-state index in [1.54, 1.807) is 7.05 Å². The van der Waals surface area contributed by atoms with E-state index < -0.39 is 11.6 Å². The summed E-state index contributed by atoms with van der Waals surface area (Å²) in [5.41, 5.74) is 0.296. The molecule has 6 heteroatoms. The number of guanidine groups is 1. The summed E-state index contributed by atoms with van der Waals surface area (Å²) < 4.78 is 26.9. The topological polar surface area (TPSA) is 39.7 Å². The van der Waals surface area contributed by atoms with Crippen LogP contribution in [-0.2, 0) is 6.54 Å². The summed E-state index contributed by atoms with van der Waals surface area (Å²) in [6, 6.07) is 3.83. The highest BCUT2D eigenvalue weighted by Gasteiger charge is 2.20. The second-order valence-corrected chi connectivity index (χ2v) is 6.77. The van der Waals surface area contributed by atoms with Gasteiger partial charge in [0.2, 0.25) is 0 Å². The number of hydrogen-bond acceptors (Lipinski definition) is 2. The third-order valence-corrected chi connectivity index (χ3v) is 4.23. The molecule has 0 aliphatic carbocycles. The minimum absolute atomic E-state index is 0.204. The number of piperidine rings is 1. The van der Waals surface area contributed by atoms with Crippen molar-refractivity contribution >= 4 is 5.96 Å². The summed E-state index contributed by atoms with van der Waals surface area (Å²) in [6.45, 7) is 7.97. The molecule has 1 aliphatic rings. The highest BCUT2D eigenvalue weighted by Crippen LogP contribution is 2.12. The molecule has 1 aromatic carbocycles. The number of hydrogen-bond donors (Lipinski definition) is 2. The Morgan fingerprint density at radius 3 is 2.62 bits per heavy atom. The van der Waals surface area contributed by atoms with E-state index in [9.17, 15) is 8.78 Å². The summed E-state index contributed by atoms with van der Waals surface area (Å²) in [4.78, 5) is 6.67. The highest BCUT2D eigenvalue weighted by atomic mass is 19.1. The van der Waals surface area contributed by atoms with E-state index in [4.69, 9.17) is 0 Å². The predicted octanol–water partition coefficient (Wildman–Crippen LogP) is 2.75. The van der Waals surface area contributed by atoms with E-state index in [0.717, 1.165) is 44.6 Å². The molecule has 0 aromatic heterocycles. The van der Waals surface area contributed by atoms with Gasteiger partial charge >= 0.3 is 0 Å². The number of nitrogens with one attached hydrogen (secondary N) is 2. The van der Waals surface area contributed by atoms with Gasteiger partial charge in [0, 0.05) is 44.8 Å². The third-order valence-electron chi connectivity index (χ3n) is 4.23. The summed E-state index contributed by atoms with van der Waals surface area (Å²) in [6.07, 6.45) is 2.11. The molecule has 0 saturated carbocycles. The van der Waals surface area contributed by atoms with E-state index in [2.05, 4.69) is 34.4 Å². The maximum atomic E-state index is 13.7. The number of rotatable bonds is 5. The zero-order valence-electron chi connectivity index (χ0n) is 14.8. The Morgan fingerprint density at radius 2 is 2.00 bits per heavy atom. The van der Waals surface area contributed by atoms with Gasteiger partial charge in [-0.05, 0) is 37.0 Å². The third kappa shape index (κ3) is 5.74. The Bertz CT molecular complexity index is 552. The molecule has 4 nitrogen and oxygen atoms in total. The van der Waals surface area contributed by atoms with Crippen molar-refractivity contribution in [2.24, 2.45) is 10.9 Å². The number of aliphatic imine (C=N–C) groups is 1. The zero-order chi connectivity index (χ0) is 17.5. The molecule has 0 radical (unpaired) electrons. The second kappa shape index (κ2) is 8.97. The minimum Gasteiger partial charge on any atom is -0.354 e. The summed E-state index contributed by atoms with van der Waals surface area (Å²) in [5.74, 6) is 0.459. The molecule has 0 amide bonds. The molecule has 1 aliphatic heterocycles. The fourth-order valence-electron chi connectivity index (χ4n) is 3.02. The van der Waals surface area contributed by atoms with Crippen LogP contribution >= 0.6 is 0 Å². The summed E-state index contributed by atoms with van der Waals surface area (Å²) in [5, 5.41) is 6.44. The summed E-state index contributed by atoms with van der Waals surface area (Å²) >= 11 is 0. The molecule has 2 rings (SSSR count). The number of likely N-dealkylation sites (tertiary alicyclic amines) is 1. The van der Waals surface area contributed by atoms with Gasteiger partial charge in [0.05, 0.1) is 0 Å². The average Bonchev–Trinajstić information content (AvgIpc) is 2.55. The lowest BCUT2D eigenvalue weighted by Gasteiger charge is -2.34. The normalized spacial score (nSPS) is 17.3. The van der Waals surface area contributed by atoms with Gasteiger partial charge in [-0.25, -0.2) is 8.78 Å². The molecule has 134 valence electrons. The Labute approximate surface area is 143 Å². The lowest BCUT2D eigenvalue weighted by atomic mass is 10.0. The lowest BCUT2D eigenvalue weighted by Crippen LogP contribution is -2.49. The molecule has 1 aromatic rings. The molecule has 0 atom stereocenters. The molecule has 1 heterocycles. The maximum absolute atomic E-state index is 13.7. The highest BCUT2D eigenvalue weighted by molar-refractivity contribution is 5.79. The molecule has 0 bridgehead atoms. The Hall–Kier alpha value is -1.69. The van der Waals surface area contributed by atoms with Gasteiger partial charge in [0.25, 0.3) is 0 Å². The van der Waals surface area contributed by atoms with E-state index in [0.29, 0.717) is 23.5 Å². The van der Waals surface area contributed by atoms with Crippen LogP contribution in [0.15, 0.2) is 23.2 Å². The molecule has 1 fully saturated rings. The van der Waals surface area contributed by atoms with Crippen molar-refractivity contribution in [3.05, 3.63) is 35.4 Å². The van der Waals surface area contributed by atoms with Gasteiger partial charge in [-0.15, -0.1) is 0 Å². The first kappa shape index (κ1) is 18.6. The molecule has 0 spiro atoms. The van der Waals surface area contributed by atoms with Gasteiger partial charge < -0.3 is 15.5 Å². The first-order chi connectivity index (χ1) is 11.5. The minimum atomic E-state index is -0.436. The van der Waals surface area contributed by atoms with Crippen LogP contribution in [0.25, 0.3) is 0 Å². The zero-order valence-corrected chi connectivity index (χ0v) is 14.8. The van der Waals surface area contributed by atoms with Crippen molar-refractivity contribution in [1.29, 1.82) is 0 Å². The first-order valence-electron chi connectivity index (χ1n) is 8.61. The fraction of sp³-hybridized carbons (Fsp3) is 0.611. The van der Waals surface area contributed by atoms with Gasteiger partial charge in [0.15, 0.2) is 5.96 Å². The molecule has 2 N–H and O–H groups in total. The van der Waals surface area contributed by atoms with Crippen LogP contribution in [0.1, 0.15) is 32.3 Å². The Kier molecular flexibility index (Phi) is 6.97. The van der Waals surface area contributed by atoms with Crippen LogP contribution < -0.4 is 10.6 Å². The van der Waals surface area contributed by atoms with Crippen LogP contribution in [0.4, 0.5) is 8.78 Å². The van der Waals surface area contributed by atoms with Crippen molar-refractivity contribution in [3.63, 3.8) is 0 Å². The molecule has 1 saturated heterocycles. The second-order valence-electron chi connectivity index (χ2n) is 6.77. The van der Waals surface area contributed by atoms with Gasteiger partial charge in [-0.2, -0.15) is 0 Å². The predicted molar refractivity (Wildman–Crippen MR) is 94.0 cm³/mol. The molecule has 0 unspecified atom stereocenters. The van der Waals surface area contributed by atoms with Gasteiger partial charge in [-0.3, -0.25) is 4.99 Å². The van der Waals surface area contributed by atoms with Gasteiger partial charge in [-0.1, -0.05) is 13.8 Å². The number of nitrogens with zero attached hydrogens (tertiary/aromatic N) is 2. The molecule has 24 heavy (non-hydrogen) atoms. The van der Waals surface area contributed by atoms with E-state index in [1.807, 2.05) is 0 Å². The Balaban J connectivity index is 1.80. The first-order valence-corrected chi connectivity index (χ1v) is 8.61. The van der Waals surface area contributed by atoms with Crippen molar-refractivity contribution in [2.75, 3.05) is 26.7 Å². The van der Waals surface area contributed by atoms with Crippen LogP contribution in [-0.4, -0.2) is 43.6 Å². The average molecular weight is 338 g/mol. The van der Waals surface area contributed by atoms with Crippen LogP contribution in [0, 0.1) is 17.6 Å². The van der Waals surface area contributed by atoms with E-state index in [1.165, 1.54) is 6.07 Å². The largest absolute Gasteiger partial charge is 0.354 e. The van der Waals surface area contributed by atoms with Crippen molar-refractivity contribution < 1.29 is 8.78 Å². The lowest BCUT2D eigenvalue weighted by molar-refractivity contribution is 0.187. The molecular weight excluding hydrogens is 310 g/mol. The van der Waals surface area contributed by atoms with E-state index >= 15 is 0 Å². The monoisotopic (exact) mass is 338 g/mol. The SMILES string of the molecule is CN=C(NCc1cc(F)ccc1F)NC1CCN(CC(C)C)CC1. The summed E-state index contributed by atoms with van der Waals surface area (Å²) in [7, 11) is 1.69. The number of benzene rings is 1. The van der Waals surface area contributed by atoms with Crippen LogP contribution in [0.2, 0.25) is 0 Å². The quantitative estimate of drug-likeness (QED) is 0.641. The van der Waals surface area contributed by atoms with Crippen molar-refractivity contribution in [1.82, 2.24) is 15.5 Å².